The van der Waals surface area contributed by atoms with Crippen LogP contribution < -0.4 is 4.90 Å². The zero-order valence-electron chi connectivity index (χ0n) is 11.5. The minimum Gasteiger partial charge on any atom is -0.365 e. The molecule has 1 aromatic carbocycles. The van der Waals surface area contributed by atoms with E-state index in [4.69, 9.17) is 11.6 Å². The molecule has 0 saturated carbocycles. The van der Waals surface area contributed by atoms with Gasteiger partial charge in [-0.1, -0.05) is 11.6 Å². The molecule has 0 atom stereocenters. The number of aldehydes is 1. The summed E-state index contributed by atoms with van der Waals surface area (Å²) in [6.45, 7) is 5.50. The first kappa shape index (κ1) is 15.5. The molecule has 4 nitrogen and oxygen atoms in total. The Balaban J connectivity index is 2.86. The zero-order chi connectivity index (χ0) is 14.4. The number of amides is 1. The third-order valence-electron chi connectivity index (χ3n) is 3.02. The van der Waals surface area contributed by atoms with Gasteiger partial charge < -0.3 is 9.80 Å². The Morgan fingerprint density at radius 3 is 2.47 bits per heavy atom. The molecular weight excluding hydrogens is 264 g/mol. The third-order valence-corrected chi connectivity index (χ3v) is 3.25. The van der Waals surface area contributed by atoms with Gasteiger partial charge in [0.15, 0.2) is 6.29 Å². The number of rotatable bonds is 6. The number of carbonyl (C=O) groups excluding carboxylic acids is 2. The van der Waals surface area contributed by atoms with Crippen LogP contribution in [0.15, 0.2) is 18.2 Å². The van der Waals surface area contributed by atoms with Gasteiger partial charge in [0.25, 0.3) is 0 Å². The summed E-state index contributed by atoms with van der Waals surface area (Å²) in [6, 6.07) is 5.06. The number of hydrogen-bond acceptors (Lipinski definition) is 3. The van der Waals surface area contributed by atoms with E-state index < -0.39 is 0 Å². The fourth-order valence-electron chi connectivity index (χ4n) is 1.93. The molecule has 0 spiro atoms. The first-order chi connectivity index (χ1) is 9.03. The Labute approximate surface area is 118 Å². The molecule has 0 aliphatic carbocycles. The molecule has 5 heteroatoms. The van der Waals surface area contributed by atoms with Crippen molar-refractivity contribution >= 4 is 29.5 Å². The quantitative estimate of drug-likeness (QED) is 0.753. The van der Waals surface area contributed by atoms with E-state index in [1.165, 1.54) is 0 Å². The molecule has 19 heavy (non-hydrogen) atoms. The van der Waals surface area contributed by atoms with E-state index in [0.29, 0.717) is 29.4 Å². The molecule has 0 heterocycles. The SMILES string of the molecule is CCN(CC)C(=O)CN(C)c1ccc(Cl)cc1C=O. The van der Waals surface area contributed by atoms with Crippen molar-refractivity contribution in [1.29, 1.82) is 0 Å². The number of nitrogens with zero attached hydrogens (tertiary/aromatic N) is 2. The second-order valence-electron chi connectivity index (χ2n) is 4.24. The van der Waals surface area contributed by atoms with Crippen molar-refractivity contribution in [2.45, 2.75) is 13.8 Å². The van der Waals surface area contributed by atoms with Crippen LogP contribution in [0.1, 0.15) is 24.2 Å². The zero-order valence-corrected chi connectivity index (χ0v) is 12.3. The van der Waals surface area contributed by atoms with Gasteiger partial charge in [-0.3, -0.25) is 9.59 Å². The van der Waals surface area contributed by atoms with Gasteiger partial charge >= 0.3 is 0 Å². The van der Waals surface area contributed by atoms with E-state index >= 15 is 0 Å². The third kappa shape index (κ3) is 3.96. The van der Waals surface area contributed by atoms with E-state index in [9.17, 15) is 9.59 Å². The average Bonchev–Trinajstić information content (AvgIpc) is 2.39. The van der Waals surface area contributed by atoms with Crippen molar-refractivity contribution < 1.29 is 9.59 Å². The largest absolute Gasteiger partial charge is 0.365 e. The predicted octanol–water partition coefficient (Wildman–Crippen LogP) is 2.46. The molecule has 0 N–H and O–H groups in total. The highest BCUT2D eigenvalue weighted by Crippen LogP contribution is 2.22. The van der Waals surface area contributed by atoms with Gasteiger partial charge in [-0.05, 0) is 32.0 Å². The maximum absolute atomic E-state index is 12.0. The molecule has 0 radical (unpaired) electrons. The van der Waals surface area contributed by atoms with Crippen LogP contribution in [0.2, 0.25) is 5.02 Å². The molecule has 0 aliphatic heterocycles. The van der Waals surface area contributed by atoms with Gasteiger partial charge in [-0.25, -0.2) is 0 Å². The van der Waals surface area contributed by atoms with Crippen molar-refractivity contribution in [3.8, 4) is 0 Å². The van der Waals surface area contributed by atoms with Crippen molar-refractivity contribution in [3.05, 3.63) is 28.8 Å². The van der Waals surface area contributed by atoms with Crippen LogP contribution in [-0.2, 0) is 4.79 Å². The molecule has 0 unspecified atom stereocenters. The summed E-state index contributed by atoms with van der Waals surface area (Å²) in [4.78, 5) is 26.6. The monoisotopic (exact) mass is 282 g/mol. The summed E-state index contributed by atoms with van der Waals surface area (Å²) in [5, 5.41) is 0.509. The summed E-state index contributed by atoms with van der Waals surface area (Å²) in [5.41, 5.74) is 1.20. The molecule has 0 aromatic heterocycles. The lowest BCUT2D eigenvalue weighted by molar-refractivity contribution is -0.129. The Bertz CT molecular complexity index is 459. The Kier molecular flexibility index (Phi) is 5.83. The van der Waals surface area contributed by atoms with E-state index in [1.807, 2.05) is 13.8 Å². The maximum Gasteiger partial charge on any atom is 0.242 e. The van der Waals surface area contributed by atoms with E-state index in [2.05, 4.69) is 0 Å². The van der Waals surface area contributed by atoms with Crippen molar-refractivity contribution in [2.24, 2.45) is 0 Å². The second kappa shape index (κ2) is 7.14. The minimum atomic E-state index is 0.0410. The molecule has 0 saturated heterocycles. The van der Waals surface area contributed by atoms with Crippen LogP contribution in [0.4, 0.5) is 5.69 Å². The summed E-state index contributed by atoms with van der Waals surface area (Å²) in [5.74, 6) is 0.0410. The molecule has 0 fully saturated rings. The molecule has 1 amide bonds. The number of anilines is 1. The van der Waals surface area contributed by atoms with Gasteiger partial charge in [-0.15, -0.1) is 0 Å². The summed E-state index contributed by atoms with van der Waals surface area (Å²) in [7, 11) is 1.79. The lowest BCUT2D eigenvalue weighted by Crippen LogP contribution is -2.39. The van der Waals surface area contributed by atoms with Crippen LogP contribution in [0.3, 0.4) is 0 Å². The first-order valence-electron chi connectivity index (χ1n) is 6.27. The Morgan fingerprint density at radius 2 is 1.95 bits per heavy atom. The number of halogens is 1. The summed E-state index contributed by atoms with van der Waals surface area (Å²) in [6.07, 6.45) is 0.750. The van der Waals surface area contributed by atoms with Crippen LogP contribution in [0.5, 0.6) is 0 Å². The second-order valence-corrected chi connectivity index (χ2v) is 4.68. The fourth-order valence-corrected chi connectivity index (χ4v) is 2.11. The van der Waals surface area contributed by atoms with E-state index in [1.54, 1.807) is 35.0 Å². The van der Waals surface area contributed by atoms with Gasteiger partial charge in [0.1, 0.15) is 0 Å². The highest BCUT2D eigenvalue weighted by atomic mass is 35.5. The fraction of sp³-hybridized carbons (Fsp3) is 0.429. The minimum absolute atomic E-state index is 0.0410. The number of likely N-dealkylation sites (N-methyl/N-ethyl adjacent to an activating group) is 2. The topological polar surface area (TPSA) is 40.6 Å². The molecule has 0 aliphatic rings. The number of carbonyl (C=O) groups is 2. The van der Waals surface area contributed by atoms with Crippen molar-refractivity contribution in [1.82, 2.24) is 4.90 Å². The lowest BCUT2D eigenvalue weighted by atomic mass is 10.2. The van der Waals surface area contributed by atoms with Crippen LogP contribution in [-0.4, -0.2) is 43.8 Å². The number of hydrogen-bond donors (Lipinski definition) is 0. The summed E-state index contributed by atoms with van der Waals surface area (Å²) >= 11 is 5.85. The normalized spacial score (nSPS) is 10.1. The van der Waals surface area contributed by atoms with E-state index in [-0.39, 0.29) is 12.5 Å². The van der Waals surface area contributed by atoms with Gasteiger partial charge in [0.2, 0.25) is 5.91 Å². The number of benzene rings is 1. The van der Waals surface area contributed by atoms with Crippen LogP contribution >= 0.6 is 11.6 Å². The van der Waals surface area contributed by atoms with Gasteiger partial charge in [0, 0.05) is 36.4 Å². The molecule has 0 bridgehead atoms. The highest BCUT2D eigenvalue weighted by Gasteiger charge is 2.15. The molecule has 1 aromatic rings. The smallest absolute Gasteiger partial charge is 0.242 e. The molecular formula is C14H19ClN2O2. The standard InChI is InChI=1S/C14H19ClN2O2/c1-4-17(5-2)14(19)9-16(3)13-7-6-12(15)8-11(13)10-18/h6-8,10H,4-5,9H2,1-3H3. The van der Waals surface area contributed by atoms with Crippen molar-refractivity contribution in [2.75, 3.05) is 31.6 Å². The highest BCUT2D eigenvalue weighted by molar-refractivity contribution is 6.31. The van der Waals surface area contributed by atoms with Crippen molar-refractivity contribution in [3.63, 3.8) is 0 Å². The Hall–Kier alpha value is -1.55. The molecule has 1 rings (SSSR count). The van der Waals surface area contributed by atoms with Crippen LogP contribution in [0, 0.1) is 0 Å². The maximum atomic E-state index is 12.0. The van der Waals surface area contributed by atoms with Gasteiger partial charge in [-0.2, -0.15) is 0 Å². The predicted molar refractivity (Wildman–Crippen MR) is 78.0 cm³/mol. The lowest BCUT2D eigenvalue weighted by Gasteiger charge is -2.25. The van der Waals surface area contributed by atoms with Gasteiger partial charge in [0.05, 0.1) is 6.54 Å². The Morgan fingerprint density at radius 1 is 1.32 bits per heavy atom. The average molecular weight is 283 g/mol. The molecule has 104 valence electrons. The summed E-state index contributed by atoms with van der Waals surface area (Å²) < 4.78 is 0. The van der Waals surface area contributed by atoms with Crippen LogP contribution in [0.25, 0.3) is 0 Å². The van der Waals surface area contributed by atoms with E-state index in [0.717, 1.165) is 6.29 Å². The first-order valence-corrected chi connectivity index (χ1v) is 6.64.